The van der Waals surface area contributed by atoms with Crippen molar-refractivity contribution < 1.29 is 0 Å². The molecule has 2 nitrogen and oxygen atoms in total. The second-order valence-electron chi connectivity index (χ2n) is 10.9. The highest BCUT2D eigenvalue weighted by Gasteiger charge is 2.49. The highest BCUT2D eigenvalue weighted by molar-refractivity contribution is 4.99. The molecule has 0 bridgehead atoms. The van der Waals surface area contributed by atoms with Crippen LogP contribution < -0.4 is 11.5 Å². The number of hydrogen-bond donors (Lipinski definition) is 2. The van der Waals surface area contributed by atoms with Gasteiger partial charge in [-0.3, -0.25) is 0 Å². The van der Waals surface area contributed by atoms with Crippen molar-refractivity contribution in [3.63, 3.8) is 0 Å². The molecular weight excluding hydrogens is 352 g/mol. The van der Waals surface area contributed by atoms with Gasteiger partial charge in [-0.1, -0.05) is 65.2 Å². The Hall–Kier alpha value is -0.0800. The summed E-state index contributed by atoms with van der Waals surface area (Å²) in [5, 5.41) is 0. The minimum absolute atomic E-state index is 0.607. The number of nitrogens with two attached hydrogens (primary N) is 2. The van der Waals surface area contributed by atoms with E-state index in [0.717, 1.165) is 24.9 Å². The molecule has 0 amide bonds. The molecule has 29 heavy (non-hydrogen) atoms. The van der Waals surface area contributed by atoms with E-state index in [1.165, 1.54) is 122 Å². The molecule has 2 rings (SSSR count). The lowest BCUT2D eigenvalue weighted by Gasteiger charge is -2.55. The van der Waals surface area contributed by atoms with Crippen LogP contribution in [0.1, 0.15) is 136 Å². The van der Waals surface area contributed by atoms with Gasteiger partial charge in [0.05, 0.1) is 0 Å². The lowest BCUT2D eigenvalue weighted by molar-refractivity contribution is -0.0405. The quantitative estimate of drug-likeness (QED) is 0.312. The van der Waals surface area contributed by atoms with Crippen LogP contribution in [0.5, 0.6) is 0 Å². The summed E-state index contributed by atoms with van der Waals surface area (Å²) in [6.07, 6.45) is 27.1. The normalized spacial score (nSPS) is 33.1. The Morgan fingerprint density at radius 3 is 1.48 bits per heavy atom. The van der Waals surface area contributed by atoms with E-state index >= 15 is 0 Å². The summed E-state index contributed by atoms with van der Waals surface area (Å²) in [5.41, 5.74) is 13.2. The summed E-state index contributed by atoms with van der Waals surface area (Å²) in [6.45, 7) is 6.53. The second kappa shape index (κ2) is 13.4. The molecule has 0 aromatic heterocycles. The lowest BCUT2D eigenvalue weighted by atomic mass is 9.50. The third-order valence-electron chi connectivity index (χ3n) is 8.96. The minimum atomic E-state index is 0.607. The van der Waals surface area contributed by atoms with Crippen LogP contribution in [0.3, 0.4) is 0 Å². The summed E-state index contributed by atoms with van der Waals surface area (Å²) < 4.78 is 0. The fourth-order valence-corrected chi connectivity index (χ4v) is 7.45. The first-order valence-electron chi connectivity index (χ1n) is 13.6. The van der Waals surface area contributed by atoms with Crippen LogP contribution in [-0.4, -0.2) is 13.1 Å². The zero-order valence-corrected chi connectivity index (χ0v) is 20.2. The van der Waals surface area contributed by atoms with Gasteiger partial charge in [0, 0.05) is 0 Å². The topological polar surface area (TPSA) is 52.0 Å². The largest absolute Gasteiger partial charge is 0.330 e. The Bertz CT molecular complexity index is 385. The van der Waals surface area contributed by atoms with Crippen LogP contribution in [0.4, 0.5) is 0 Å². The van der Waals surface area contributed by atoms with E-state index in [2.05, 4.69) is 13.8 Å². The van der Waals surface area contributed by atoms with E-state index in [1.807, 2.05) is 0 Å². The van der Waals surface area contributed by atoms with Gasteiger partial charge in [0.2, 0.25) is 0 Å². The summed E-state index contributed by atoms with van der Waals surface area (Å²) in [5.74, 6) is 1.86. The predicted molar refractivity (Wildman–Crippen MR) is 129 cm³/mol. The van der Waals surface area contributed by atoms with Gasteiger partial charge in [0.25, 0.3) is 0 Å². The Morgan fingerprint density at radius 2 is 1.10 bits per heavy atom. The molecule has 0 saturated heterocycles. The van der Waals surface area contributed by atoms with E-state index in [-0.39, 0.29) is 0 Å². The Balaban J connectivity index is 2.32. The van der Waals surface area contributed by atoms with Crippen LogP contribution in [0.2, 0.25) is 0 Å². The summed E-state index contributed by atoms with van der Waals surface area (Å²) in [7, 11) is 0. The molecule has 0 aliphatic heterocycles. The van der Waals surface area contributed by atoms with Crippen LogP contribution in [0.15, 0.2) is 0 Å². The molecule has 2 fully saturated rings. The zero-order chi connectivity index (χ0) is 21.0. The van der Waals surface area contributed by atoms with Crippen molar-refractivity contribution in [3.8, 4) is 0 Å². The molecule has 2 saturated carbocycles. The average Bonchev–Trinajstić information content (AvgIpc) is 2.75. The monoisotopic (exact) mass is 406 g/mol. The van der Waals surface area contributed by atoms with Gasteiger partial charge in [-0.05, 0) is 106 Å². The number of hydrogen-bond acceptors (Lipinski definition) is 2. The van der Waals surface area contributed by atoms with Crippen LogP contribution in [-0.2, 0) is 0 Å². The van der Waals surface area contributed by atoms with E-state index < -0.39 is 0 Å². The van der Waals surface area contributed by atoms with Gasteiger partial charge in [0.1, 0.15) is 0 Å². The van der Waals surface area contributed by atoms with Gasteiger partial charge in [-0.25, -0.2) is 0 Å². The van der Waals surface area contributed by atoms with E-state index in [1.54, 1.807) is 0 Å². The molecular formula is C27H54N2. The average molecular weight is 407 g/mol. The molecule has 4 atom stereocenters. The molecule has 4 unspecified atom stereocenters. The molecule has 0 heterocycles. The summed E-state index contributed by atoms with van der Waals surface area (Å²) >= 11 is 0. The third-order valence-corrected chi connectivity index (χ3v) is 8.96. The molecule has 0 spiro atoms. The smallest absolute Gasteiger partial charge is 0.00772 e. The maximum absolute atomic E-state index is 5.98. The molecule has 2 aliphatic rings. The van der Waals surface area contributed by atoms with E-state index in [9.17, 15) is 0 Å². The van der Waals surface area contributed by atoms with Crippen molar-refractivity contribution in [2.75, 3.05) is 13.1 Å². The van der Waals surface area contributed by atoms with Crippen LogP contribution >= 0.6 is 0 Å². The summed E-state index contributed by atoms with van der Waals surface area (Å²) in [4.78, 5) is 0. The molecule has 4 N–H and O–H groups in total. The number of unbranched alkanes of at least 4 members (excludes halogenated alkanes) is 2. The van der Waals surface area contributed by atoms with Crippen molar-refractivity contribution in [1.82, 2.24) is 0 Å². The van der Waals surface area contributed by atoms with Gasteiger partial charge in [-0.15, -0.1) is 0 Å². The highest BCUT2D eigenvalue weighted by Crippen LogP contribution is 2.60. The Morgan fingerprint density at radius 1 is 0.655 bits per heavy atom. The summed E-state index contributed by atoms with van der Waals surface area (Å²) in [6, 6.07) is 0. The lowest BCUT2D eigenvalue weighted by Crippen LogP contribution is -2.44. The fraction of sp³-hybridized carbons (Fsp3) is 1.00. The maximum atomic E-state index is 5.98. The first-order chi connectivity index (χ1) is 14.2. The molecule has 0 aromatic carbocycles. The second-order valence-corrected chi connectivity index (χ2v) is 10.9. The van der Waals surface area contributed by atoms with Crippen molar-refractivity contribution >= 4 is 0 Å². The first-order valence-corrected chi connectivity index (χ1v) is 13.6. The van der Waals surface area contributed by atoms with E-state index in [0.29, 0.717) is 10.8 Å². The standard InChI is InChI=1S/C27H54N2/c1-3-5-17-26(19-9-7-13-24(26)15-11-21-28)23-27(18-6-4-2)20-10-8-14-25(27)16-12-22-29/h24-25H,3-23,28-29H2,1-2H3. The molecule has 2 aliphatic carbocycles. The predicted octanol–water partition coefficient (Wildman–Crippen LogP) is 7.59. The third kappa shape index (κ3) is 6.96. The van der Waals surface area contributed by atoms with Crippen molar-refractivity contribution in [2.24, 2.45) is 34.1 Å². The maximum Gasteiger partial charge on any atom is -0.00772 e. The van der Waals surface area contributed by atoms with Gasteiger partial charge in [0.15, 0.2) is 0 Å². The molecule has 0 aromatic rings. The van der Waals surface area contributed by atoms with E-state index in [4.69, 9.17) is 11.5 Å². The van der Waals surface area contributed by atoms with Gasteiger partial charge >= 0.3 is 0 Å². The highest BCUT2D eigenvalue weighted by atomic mass is 14.6. The van der Waals surface area contributed by atoms with Crippen molar-refractivity contribution in [3.05, 3.63) is 0 Å². The van der Waals surface area contributed by atoms with Gasteiger partial charge in [-0.2, -0.15) is 0 Å². The fourth-order valence-electron chi connectivity index (χ4n) is 7.45. The van der Waals surface area contributed by atoms with Crippen LogP contribution in [0.25, 0.3) is 0 Å². The molecule has 0 radical (unpaired) electrons. The number of rotatable bonds is 14. The van der Waals surface area contributed by atoms with Crippen LogP contribution in [0, 0.1) is 22.7 Å². The SMILES string of the molecule is CCCCC1(CC2(CCCC)CCCCC2CCCN)CCCCC1CCCN. The minimum Gasteiger partial charge on any atom is -0.330 e. The Labute approximate surface area is 183 Å². The van der Waals surface area contributed by atoms with Gasteiger partial charge < -0.3 is 11.5 Å². The van der Waals surface area contributed by atoms with Crippen molar-refractivity contribution in [2.45, 2.75) is 136 Å². The zero-order valence-electron chi connectivity index (χ0n) is 20.2. The van der Waals surface area contributed by atoms with Crippen molar-refractivity contribution in [1.29, 1.82) is 0 Å². The molecule has 172 valence electrons. The Kier molecular flexibility index (Phi) is 11.6. The first kappa shape index (κ1) is 25.2. The molecule has 2 heteroatoms.